The Balaban J connectivity index is 2.26. The number of nitrogens with one attached hydrogen (secondary N) is 2. The van der Waals surface area contributed by atoms with Gasteiger partial charge in [-0.15, -0.1) is 0 Å². The molecule has 1 fully saturated rings. The summed E-state index contributed by atoms with van der Waals surface area (Å²) in [6.07, 6.45) is 4.56. The number of nitrogens with zero attached hydrogens (tertiary/aromatic N) is 3. The van der Waals surface area contributed by atoms with E-state index in [1.54, 1.807) is 0 Å². The van der Waals surface area contributed by atoms with Crippen molar-refractivity contribution in [3.8, 4) is 0 Å². The zero-order chi connectivity index (χ0) is 17.1. The molecule has 0 unspecified atom stereocenters. The number of amides is 1. The number of carbonyl (C=O) groups excluding carboxylic acids is 1. The fraction of sp³-hybridized carbons (Fsp3) is 0.875. The van der Waals surface area contributed by atoms with Gasteiger partial charge in [-0.3, -0.25) is 14.7 Å². The van der Waals surface area contributed by atoms with Gasteiger partial charge in [0.25, 0.3) is 0 Å². The molecule has 23 heavy (non-hydrogen) atoms. The minimum absolute atomic E-state index is 0.116. The third kappa shape index (κ3) is 8.46. The molecule has 2 N–H and O–H groups in total. The van der Waals surface area contributed by atoms with Gasteiger partial charge >= 0.3 is 0 Å². The number of rotatable bonds is 8. The SMILES string of the molecule is CN=C(NCCCCSC)N1CCN(CC(=O)NC(C)C)CC1. The van der Waals surface area contributed by atoms with Crippen LogP contribution in [0.1, 0.15) is 26.7 Å². The van der Waals surface area contributed by atoms with Crippen LogP contribution in [-0.2, 0) is 4.79 Å². The Morgan fingerprint density at radius 3 is 2.48 bits per heavy atom. The van der Waals surface area contributed by atoms with Crippen LogP contribution in [0.4, 0.5) is 0 Å². The lowest BCUT2D eigenvalue weighted by Crippen LogP contribution is -2.54. The highest BCUT2D eigenvalue weighted by Crippen LogP contribution is 2.03. The first-order valence-electron chi connectivity index (χ1n) is 8.53. The second-order valence-corrected chi connectivity index (χ2v) is 7.14. The zero-order valence-electron chi connectivity index (χ0n) is 15.1. The zero-order valence-corrected chi connectivity index (χ0v) is 15.9. The Hall–Kier alpha value is -0.950. The molecule has 0 radical (unpaired) electrons. The van der Waals surface area contributed by atoms with Crippen molar-refractivity contribution in [2.45, 2.75) is 32.7 Å². The highest BCUT2D eigenvalue weighted by atomic mass is 32.2. The summed E-state index contributed by atoms with van der Waals surface area (Å²) in [4.78, 5) is 20.7. The lowest BCUT2D eigenvalue weighted by molar-refractivity contribution is -0.123. The summed E-state index contributed by atoms with van der Waals surface area (Å²) in [5.74, 6) is 2.32. The molecule has 0 aromatic heterocycles. The van der Waals surface area contributed by atoms with Crippen LogP contribution in [0.15, 0.2) is 4.99 Å². The van der Waals surface area contributed by atoms with Crippen LogP contribution in [0, 0.1) is 0 Å². The molecule has 0 spiro atoms. The van der Waals surface area contributed by atoms with Crippen LogP contribution < -0.4 is 10.6 Å². The van der Waals surface area contributed by atoms with Gasteiger partial charge in [0.2, 0.25) is 5.91 Å². The molecule has 1 rings (SSSR count). The Morgan fingerprint density at radius 2 is 1.91 bits per heavy atom. The van der Waals surface area contributed by atoms with E-state index < -0.39 is 0 Å². The average molecular weight is 344 g/mol. The van der Waals surface area contributed by atoms with Crippen molar-refractivity contribution in [1.29, 1.82) is 0 Å². The topological polar surface area (TPSA) is 60.0 Å². The molecule has 0 bridgehead atoms. The van der Waals surface area contributed by atoms with E-state index in [0.717, 1.165) is 38.7 Å². The molecule has 0 aromatic carbocycles. The maximum atomic E-state index is 11.8. The van der Waals surface area contributed by atoms with Crippen molar-refractivity contribution in [2.24, 2.45) is 4.99 Å². The Kier molecular flexibility index (Phi) is 10.1. The van der Waals surface area contributed by atoms with Gasteiger partial charge in [-0.1, -0.05) is 0 Å². The van der Waals surface area contributed by atoms with Crippen molar-refractivity contribution in [2.75, 3.05) is 58.3 Å². The largest absolute Gasteiger partial charge is 0.356 e. The summed E-state index contributed by atoms with van der Waals surface area (Å²) in [7, 11) is 1.84. The van der Waals surface area contributed by atoms with Gasteiger partial charge in [-0.2, -0.15) is 11.8 Å². The van der Waals surface area contributed by atoms with Crippen LogP contribution in [-0.4, -0.2) is 86.0 Å². The molecule has 1 saturated heterocycles. The lowest BCUT2D eigenvalue weighted by atomic mass is 10.3. The van der Waals surface area contributed by atoms with Crippen molar-refractivity contribution < 1.29 is 4.79 Å². The van der Waals surface area contributed by atoms with Crippen molar-refractivity contribution in [3.63, 3.8) is 0 Å². The van der Waals surface area contributed by atoms with Crippen LogP contribution in [0.3, 0.4) is 0 Å². The molecule has 7 heteroatoms. The predicted molar refractivity (Wildman–Crippen MR) is 100 cm³/mol. The maximum Gasteiger partial charge on any atom is 0.234 e. The standard InChI is InChI=1S/C16H33N5OS/c1-14(2)19-15(22)13-20-8-10-21(11-9-20)16(17-3)18-7-5-6-12-23-4/h14H,5-13H2,1-4H3,(H,17,18)(H,19,22). The third-order valence-corrected chi connectivity index (χ3v) is 4.46. The molecule has 1 aliphatic heterocycles. The first-order valence-corrected chi connectivity index (χ1v) is 9.92. The Bertz CT molecular complexity index is 367. The monoisotopic (exact) mass is 343 g/mol. The Morgan fingerprint density at radius 1 is 1.22 bits per heavy atom. The number of guanidine groups is 1. The number of piperazine rings is 1. The molecule has 0 aliphatic carbocycles. The van der Waals surface area contributed by atoms with Gasteiger partial charge in [0, 0.05) is 45.8 Å². The van der Waals surface area contributed by atoms with Crippen molar-refractivity contribution in [1.82, 2.24) is 20.4 Å². The summed E-state index contributed by atoms with van der Waals surface area (Å²) < 4.78 is 0. The van der Waals surface area contributed by atoms with Crippen LogP contribution >= 0.6 is 11.8 Å². The van der Waals surface area contributed by atoms with Gasteiger partial charge in [0.1, 0.15) is 0 Å². The predicted octanol–water partition coefficient (Wildman–Crippen LogP) is 0.847. The number of thioether (sulfide) groups is 1. The minimum atomic E-state index is 0.116. The highest BCUT2D eigenvalue weighted by Gasteiger charge is 2.21. The molecule has 0 saturated carbocycles. The smallest absolute Gasteiger partial charge is 0.234 e. The summed E-state index contributed by atoms with van der Waals surface area (Å²) >= 11 is 1.90. The van der Waals surface area contributed by atoms with Gasteiger partial charge in [-0.25, -0.2) is 0 Å². The summed E-state index contributed by atoms with van der Waals surface area (Å²) in [6.45, 7) is 9.09. The number of unbranched alkanes of at least 4 members (excludes halogenated alkanes) is 1. The van der Waals surface area contributed by atoms with Gasteiger partial charge in [0.05, 0.1) is 6.54 Å². The number of aliphatic imine (C=N–C) groups is 1. The molecule has 1 aliphatic rings. The molecular weight excluding hydrogens is 310 g/mol. The minimum Gasteiger partial charge on any atom is -0.356 e. The van der Waals surface area contributed by atoms with E-state index in [1.165, 1.54) is 18.6 Å². The van der Waals surface area contributed by atoms with E-state index in [2.05, 4.69) is 31.7 Å². The summed E-state index contributed by atoms with van der Waals surface area (Å²) in [6, 6.07) is 0.206. The molecule has 0 aromatic rings. The fourth-order valence-corrected chi connectivity index (χ4v) is 3.09. The summed E-state index contributed by atoms with van der Waals surface area (Å²) in [5.41, 5.74) is 0. The van der Waals surface area contributed by atoms with Crippen molar-refractivity contribution in [3.05, 3.63) is 0 Å². The van der Waals surface area contributed by atoms with E-state index in [4.69, 9.17) is 0 Å². The first kappa shape index (κ1) is 20.1. The number of hydrogen-bond donors (Lipinski definition) is 2. The van der Waals surface area contributed by atoms with Gasteiger partial charge in [0.15, 0.2) is 5.96 Å². The van der Waals surface area contributed by atoms with E-state index in [9.17, 15) is 4.79 Å². The van der Waals surface area contributed by atoms with Crippen LogP contribution in [0.25, 0.3) is 0 Å². The summed E-state index contributed by atoms with van der Waals surface area (Å²) in [5, 5.41) is 6.40. The number of carbonyl (C=O) groups is 1. The second kappa shape index (κ2) is 11.6. The highest BCUT2D eigenvalue weighted by molar-refractivity contribution is 7.98. The van der Waals surface area contributed by atoms with Crippen LogP contribution in [0.5, 0.6) is 0 Å². The van der Waals surface area contributed by atoms with E-state index in [1.807, 2.05) is 32.7 Å². The van der Waals surface area contributed by atoms with Crippen molar-refractivity contribution >= 4 is 23.6 Å². The maximum absolute atomic E-state index is 11.8. The third-order valence-electron chi connectivity index (χ3n) is 3.76. The molecule has 1 heterocycles. The fourth-order valence-electron chi connectivity index (χ4n) is 2.59. The normalized spacial score (nSPS) is 16.7. The Labute approximate surface area is 145 Å². The first-order chi connectivity index (χ1) is 11.1. The number of hydrogen-bond acceptors (Lipinski definition) is 4. The molecular formula is C16H33N5OS. The van der Waals surface area contributed by atoms with E-state index >= 15 is 0 Å². The van der Waals surface area contributed by atoms with Crippen LogP contribution in [0.2, 0.25) is 0 Å². The van der Waals surface area contributed by atoms with E-state index in [0.29, 0.717) is 6.54 Å². The second-order valence-electron chi connectivity index (χ2n) is 6.16. The quantitative estimate of drug-likeness (QED) is 0.389. The molecule has 6 nitrogen and oxygen atoms in total. The van der Waals surface area contributed by atoms with E-state index in [-0.39, 0.29) is 11.9 Å². The molecule has 1 amide bonds. The lowest BCUT2D eigenvalue weighted by Gasteiger charge is -2.36. The molecule has 0 atom stereocenters. The molecule has 134 valence electrons. The average Bonchev–Trinajstić information content (AvgIpc) is 2.51. The van der Waals surface area contributed by atoms with Gasteiger partial charge in [-0.05, 0) is 38.7 Å². The van der Waals surface area contributed by atoms with Gasteiger partial charge < -0.3 is 15.5 Å².